The second-order valence-corrected chi connectivity index (χ2v) is 11.2. The van der Waals surface area contributed by atoms with Gasteiger partial charge in [0.15, 0.2) is 5.11 Å². The van der Waals surface area contributed by atoms with Crippen LogP contribution in [-0.4, -0.2) is 31.4 Å². The Morgan fingerprint density at radius 2 is 1.89 bits per heavy atom. The van der Waals surface area contributed by atoms with Gasteiger partial charge in [-0.2, -0.15) is 0 Å². The monoisotopic (exact) mass is 548 g/mol. The van der Waals surface area contributed by atoms with Crippen LogP contribution in [0.4, 0.5) is 11.4 Å². The van der Waals surface area contributed by atoms with Gasteiger partial charge in [-0.15, -0.1) is 0 Å². The summed E-state index contributed by atoms with van der Waals surface area (Å²) in [5.41, 5.74) is 3.85. The molecule has 2 N–H and O–H groups in total. The fraction of sp³-hybridized carbons (Fsp3) is 0.214. The van der Waals surface area contributed by atoms with Crippen LogP contribution >= 0.6 is 12.2 Å². The second kappa shape index (κ2) is 10.5. The highest BCUT2D eigenvalue weighted by Gasteiger charge is 2.42. The number of furan rings is 1. The van der Waals surface area contributed by atoms with Gasteiger partial charge in [0.2, 0.25) is 10.0 Å². The predicted octanol–water partition coefficient (Wildman–Crippen LogP) is 5.60. The van der Waals surface area contributed by atoms with Crippen LogP contribution in [-0.2, 0) is 10.0 Å². The molecule has 38 heavy (non-hydrogen) atoms. The molecule has 1 fully saturated rings. The number of hydrogen-bond acceptors (Lipinski definition) is 6. The van der Waals surface area contributed by atoms with Crippen molar-refractivity contribution in [2.75, 3.05) is 22.5 Å². The number of thiocarbonyl (C=S) groups is 1. The molecule has 2 atom stereocenters. The van der Waals surface area contributed by atoms with Crippen molar-refractivity contribution in [1.29, 1.82) is 0 Å². The predicted molar refractivity (Wildman–Crippen MR) is 153 cm³/mol. The first-order chi connectivity index (χ1) is 18.2. The number of nitrogens with zero attached hydrogens (tertiary/aromatic N) is 2. The molecular weight excluding hydrogens is 520 g/mol. The molecule has 0 saturated carbocycles. The van der Waals surface area contributed by atoms with Crippen LogP contribution in [0.25, 0.3) is 11.3 Å². The summed E-state index contributed by atoms with van der Waals surface area (Å²) in [5, 5.41) is 3.94. The number of sulfonamides is 1. The zero-order valence-electron chi connectivity index (χ0n) is 21.2. The summed E-state index contributed by atoms with van der Waals surface area (Å²) in [6.07, 6.45) is 2.88. The molecule has 1 saturated heterocycles. The zero-order chi connectivity index (χ0) is 26.9. The van der Waals surface area contributed by atoms with Crippen molar-refractivity contribution in [1.82, 2.24) is 10.3 Å². The third kappa shape index (κ3) is 5.36. The summed E-state index contributed by atoms with van der Waals surface area (Å²) in [6, 6.07) is 22.4. The molecule has 0 spiro atoms. The van der Waals surface area contributed by atoms with E-state index in [1.54, 1.807) is 12.3 Å². The van der Waals surface area contributed by atoms with Crippen molar-refractivity contribution < 1.29 is 17.6 Å². The number of anilines is 2. The van der Waals surface area contributed by atoms with E-state index in [0.717, 1.165) is 40.3 Å². The summed E-state index contributed by atoms with van der Waals surface area (Å²) >= 11 is 5.80. The van der Waals surface area contributed by atoms with Crippen molar-refractivity contribution in [2.24, 2.45) is 0 Å². The lowest BCUT2D eigenvalue weighted by Crippen LogP contribution is -2.29. The molecule has 2 aromatic carbocycles. The third-order valence-electron chi connectivity index (χ3n) is 6.25. The lowest BCUT2D eigenvalue weighted by atomic mass is 10.0. The fourth-order valence-corrected chi connectivity index (χ4v) is 5.56. The van der Waals surface area contributed by atoms with Gasteiger partial charge in [-0.05, 0) is 98.4 Å². The Morgan fingerprint density at radius 3 is 2.55 bits per heavy atom. The number of rotatable bonds is 8. The van der Waals surface area contributed by atoms with Crippen molar-refractivity contribution in [2.45, 2.75) is 25.9 Å². The number of benzene rings is 2. The molecule has 1 aliphatic rings. The maximum Gasteiger partial charge on any atom is 0.229 e. The molecule has 0 amide bonds. The van der Waals surface area contributed by atoms with E-state index >= 15 is 0 Å². The van der Waals surface area contributed by atoms with E-state index < -0.39 is 10.0 Å². The number of aromatic nitrogens is 1. The first-order valence-corrected chi connectivity index (χ1v) is 14.5. The number of nitrogens with one attached hydrogen (secondary N) is 2. The van der Waals surface area contributed by atoms with Gasteiger partial charge >= 0.3 is 0 Å². The average molecular weight is 549 g/mol. The lowest BCUT2D eigenvalue weighted by Gasteiger charge is -2.26. The smallest absolute Gasteiger partial charge is 0.229 e. The van der Waals surface area contributed by atoms with Crippen LogP contribution in [0, 0.1) is 6.92 Å². The van der Waals surface area contributed by atoms with Crippen molar-refractivity contribution >= 4 is 38.7 Å². The van der Waals surface area contributed by atoms with Crippen molar-refractivity contribution in [3.63, 3.8) is 0 Å². The molecular formula is C28H28N4O4S2. The first-order valence-electron chi connectivity index (χ1n) is 12.2. The topological polar surface area (TPSA) is 96.7 Å². The van der Waals surface area contributed by atoms with Crippen LogP contribution in [0.5, 0.6) is 5.75 Å². The quantitative estimate of drug-likeness (QED) is 0.275. The Kier molecular flexibility index (Phi) is 7.09. The van der Waals surface area contributed by atoms with Gasteiger partial charge in [0.1, 0.15) is 23.3 Å². The molecule has 0 aliphatic carbocycles. The van der Waals surface area contributed by atoms with Crippen LogP contribution in [0.1, 0.15) is 36.0 Å². The van der Waals surface area contributed by atoms with Gasteiger partial charge in [0, 0.05) is 17.4 Å². The Hall–Kier alpha value is -3.89. The lowest BCUT2D eigenvalue weighted by molar-refractivity contribution is 0.340. The number of hydrogen-bond donors (Lipinski definition) is 2. The minimum absolute atomic E-state index is 0.267. The van der Waals surface area contributed by atoms with Crippen LogP contribution < -0.4 is 19.7 Å². The second-order valence-electron chi connectivity index (χ2n) is 9.03. The minimum Gasteiger partial charge on any atom is -0.494 e. The van der Waals surface area contributed by atoms with Gasteiger partial charge in [0.05, 0.1) is 30.3 Å². The Bertz CT molecular complexity index is 1550. The Balaban J connectivity index is 1.54. The van der Waals surface area contributed by atoms with E-state index in [0.29, 0.717) is 23.2 Å². The Labute approximate surface area is 227 Å². The third-order valence-corrected chi connectivity index (χ3v) is 7.15. The SMILES string of the molecule is CCOc1ccc(-c2ccc([C@H]3[C@H](c4ccccn4)NC(=S)N3c3ccc(NS(C)(=O)=O)c(C)c3)o2)cc1. The minimum atomic E-state index is -3.40. The first kappa shape index (κ1) is 25.7. The molecule has 0 unspecified atom stereocenters. The number of aryl methyl sites for hydroxylation is 1. The van der Waals surface area contributed by atoms with Crippen molar-refractivity contribution in [3.05, 3.63) is 96.0 Å². The maximum absolute atomic E-state index is 11.8. The number of ether oxygens (including phenoxy) is 1. The molecule has 8 nitrogen and oxygen atoms in total. The van der Waals surface area contributed by atoms with Gasteiger partial charge in [-0.1, -0.05) is 6.07 Å². The molecule has 2 aromatic heterocycles. The fourth-order valence-electron chi connectivity index (χ4n) is 4.58. The summed E-state index contributed by atoms with van der Waals surface area (Å²) in [7, 11) is -3.40. The molecule has 10 heteroatoms. The van der Waals surface area contributed by atoms with E-state index in [1.807, 2.05) is 85.5 Å². The van der Waals surface area contributed by atoms with Gasteiger partial charge < -0.3 is 19.4 Å². The molecule has 1 aliphatic heterocycles. The van der Waals surface area contributed by atoms with E-state index in [-0.39, 0.29) is 12.1 Å². The largest absolute Gasteiger partial charge is 0.494 e. The maximum atomic E-state index is 11.8. The van der Waals surface area contributed by atoms with Gasteiger partial charge in [0.25, 0.3) is 0 Å². The van der Waals surface area contributed by atoms with E-state index in [2.05, 4.69) is 15.0 Å². The van der Waals surface area contributed by atoms with Crippen LogP contribution in [0.2, 0.25) is 0 Å². The van der Waals surface area contributed by atoms with E-state index in [1.165, 1.54) is 0 Å². The highest BCUT2D eigenvalue weighted by molar-refractivity contribution is 7.92. The van der Waals surface area contributed by atoms with Gasteiger partial charge in [-0.25, -0.2) is 8.42 Å². The summed E-state index contributed by atoms with van der Waals surface area (Å²) < 4.78 is 38.1. The zero-order valence-corrected chi connectivity index (χ0v) is 22.8. The molecule has 196 valence electrons. The van der Waals surface area contributed by atoms with E-state index in [9.17, 15) is 8.42 Å². The molecule has 4 aromatic rings. The highest BCUT2D eigenvalue weighted by atomic mass is 32.2. The van der Waals surface area contributed by atoms with Crippen LogP contribution in [0.15, 0.2) is 83.4 Å². The standard InChI is InChI=1S/C28H28N4O4S2/c1-4-35-21-11-8-19(9-12-21)24-14-15-25(36-24)27-26(23-7-5-6-16-29-23)30-28(37)32(27)20-10-13-22(18(2)17-20)31-38(3,33)34/h5-17,26-27,31H,4H2,1-3H3,(H,30,37)/t26-,27-/m0/s1. The molecule has 5 rings (SSSR count). The molecule has 3 heterocycles. The summed E-state index contributed by atoms with van der Waals surface area (Å²) in [4.78, 5) is 6.57. The summed E-state index contributed by atoms with van der Waals surface area (Å²) in [6.45, 7) is 4.41. The Morgan fingerprint density at radius 1 is 1.11 bits per heavy atom. The normalized spacial score (nSPS) is 17.3. The average Bonchev–Trinajstić information content (AvgIpc) is 3.50. The highest BCUT2D eigenvalue weighted by Crippen LogP contribution is 2.43. The van der Waals surface area contributed by atoms with Gasteiger partial charge in [-0.3, -0.25) is 9.71 Å². The molecule has 0 bridgehead atoms. The van der Waals surface area contributed by atoms with Crippen molar-refractivity contribution in [3.8, 4) is 17.1 Å². The summed E-state index contributed by atoms with van der Waals surface area (Å²) in [5.74, 6) is 2.25. The molecule has 0 radical (unpaired) electrons. The van der Waals surface area contributed by atoms with Crippen LogP contribution in [0.3, 0.4) is 0 Å². The number of pyridine rings is 1. The van der Waals surface area contributed by atoms with E-state index in [4.69, 9.17) is 21.4 Å².